The van der Waals surface area contributed by atoms with Gasteiger partial charge < -0.3 is 9.80 Å². The van der Waals surface area contributed by atoms with Crippen LogP contribution in [-0.2, 0) is 6.42 Å². The summed E-state index contributed by atoms with van der Waals surface area (Å²) in [5.74, 6) is 0.828. The Labute approximate surface area is 160 Å². The van der Waals surface area contributed by atoms with Crippen molar-refractivity contribution >= 4 is 23.1 Å². The van der Waals surface area contributed by atoms with Crippen molar-refractivity contribution in [2.75, 3.05) is 22.9 Å². The van der Waals surface area contributed by atoms with Crippen molar-refractivity contribution in [3.8, 4) is 0 Å². The predicted octanol–water partition coefficient (Wildman–Crippen LogP) is 4.83. The summed E-state index contributed by atoms with van der Waals surface area (Å²) in [5, 5.41) is 0. The molecule has 136 valence electrons. The molecule has 27 heavy (non-hydrogen) atoms. The molecule has 0 unspecified atom stereocenters. The van der Waals surface area contributed by atoms with Crippen LogP contribution in [0.2, 0.25) is 0 Å². The molecular formula is C23H23N3O. The number of benzene rings is 2. The van der Waals surface area contributed by atoms with Crippen LogP contribution < -0.4 is 9.80 Å². The van der Waals surface area contributed by atoms with Crippen molar-refractivity contribution in [2.24, 2.45) is 0 Å². The van der Waals surface area contributed by atoms with Gasteiger partial charge in [0.15, 0.2) is 0 Å². The van der Waals surface area contributed by atoms with E-state index < -0.39 is 0 Å². The highest BCUT2D eigenvalue weighted by atomic mass is 16.2. The fourth-order valence-electron chi connectivity index (χ4n) is 3.68. The topological polar surface area (TPSA) is 36.4 Å². The molecule has 0 saturated heterocycles. The largest absolute Gasteiger partial charge is 0.326 e. The van der Waals surface area contributed by atoms with E-state index in [2.05, 4.69) is 34.1 Å². The highest BCUT2D eigenvalue weighted by molar-refractivity contribution is 6.06. The lowest BCUT2D eigenvalue weighted by atomic mass is 10.0. The maximum absolute atomic E-state index is 13.1. The maximum Gasteiger partial charge on any atom is 0.258 e. The van der Waals surface area contributed by atoms with E-state index >= 15 is 0 Å². The third kappa shape index (κ3) is 3.43. The van der Waals surface area contributed by atoms with Gasteiger partial charge in [0, 0.05) is 36.2 Å². The SMILES string of the molecule is CCN(C(=O)c1ccnc(N2CCCc3ccccc32)c1)c1ccccc1. The molecule has 1 aliphatic heterocycles. The number of carbonyl (C=O) groups excluding carboxylic acids is 1. The first-order valence-electron chi connectivity index (χ1n) is 9.46. The Morgan fingerprint density at radius 1 is 1.07 bits per heavy atom. The Kier molecular flexibility index (Phi) is 4.88. The van der Waals surface area contributed by atoms with Crippen LogP contribution in [0.1, 0.15) is 29.3 Å². The van der Waals surface area contributed by atoms with Crippen LogP contribution in [0, 0.1) is 0 Å². The van der Waals surface area contributed by atoms with E-state index in [1.807, 2.05) is 43.3 Å². The molecule has 0 atom stereocenters. The molecule has 0 radical (unpaired) electrons. The van der Waals surface area contributed by atoms with Crippen LogP contribution in [-0.4, -0.2) is 24.0 Å². The van der Waals surface area contributed by atoms with Gasteiger partial charge in [-0.25, -0.2) is 4.98 Å². The Morgan fingerprint density at radius 2 is 1.85 bits per heavy atom. The lowest BCUT2D eigenvalue weighted by Gasteiger charge is -2.30. The Bertz CT molecular complexity index is 939. The van der Waals surface area contributed by atoms with E-state index in [1.54, 1.807) is 17.2 Å². The number of anilines is 3. The standard InChI is InChI=1S/C23H23N3O/c1-2-25(20-11-4-3-5-12-20)23(27)19-14-15-24-22(17-19)26-16-8-10-18-9-6-7-13-21(18)26/h3-7,9,11-15,17H,2,8,10,16H2,1H3. The molecule has 0 N–H and O–H groups in total. The van der Waals surface area contributed by atoms with Crippen molar-refractivity contribution in [3.05, 3.63) is 84.1 Å². The van der Waals surface area contributed by atoms with Gasteiger partial charge in [0.1, 0.15) is 5.82 Å². The van der Waals surface area contributed by atoms with Crippen LogP contribution in [0.15, 0.2) is 72.9 Å². The lowest BCUT2D eigenvalue weighted by Crippen LogP contribution is -2.31. The first-order valence-corrected chi connectivity index (χ1v) is 9.46. The number of carbonyl (C=O) groups is 1. The predicted molar refractivity (Wildman–Crippen MR) is 110 cm³/mol. The van der Waals surface area contributed by atoms with Crippen LogP contribution in [0.5, 0.6) is 0 Å². The molecular weight excluding hydrogens is 334 g/mol. The van der Waals surface area contributed by atoms with Crippen LogP contribution in [0.25, 0.3) is 0 Å². The van der Waals surface area contributed by atoms with Crippen molar-refractivity contribution in [1.29, 1.82) is 0 Å². The third-order valence-corrected chi connectivity index (χ3v) is 5.01. The number of hydrogen-bond donors (Lipinski definition) is 0. The fraction of sp³-hybridized carbons (Fsp3) is 0.217. The van der Waals surface area contributed by atoms with Crippen LogP contribution in [0.4, 0.5) is 17.2 Å². The number of nitrogens with zero attached hydrogens (tertiary/aromatic N) is 3. The van der Waals surface area contributed by atoms with Crippen molar-refractivity contribution in [3.63, 3.8) is 0 Å². The van der Waals surface area contributed by atoms with E-state index in [9.17, 15) is 4.79 Å². The summed E-state index contributed by atoms with van der Waals surface area (Å²) in [5.41, 5.74) is 4.10. The first-order chi connectivity index (χ1) is 13.3. The minimum atomic E-state index is -0.00218. The van der Waals surface area contributed by atoms with Gasteiger partial charge in [0.25, 0.3) is 5.91 Å². The molecule has 2 aromatic carbocycles. The normalized spacial score (nSPS) is 13.1. The summed E-state index contributed by atoms with van der Waals surface area (Å²) in [6.45, 7) is 3.53. The van der Waals surface area contributed by atoms with Gasteiger partial charge in [-0.2, -0.15) is 0 Å². The lowest BCUT2D eigenvalue weighted by molar-refractivity contribution is 0.0988. The van der Waals surface area contributed by atoms with Crippen LogP contribution >= 0.6 is 0 Å². The maximum atomic E-state index is 13.1. The minimum absolute atomic E-state index is 0.00218. The van der Waals surface area contributed by atoms with E-state index in [1.165, 1.54) is 11.3 Å². The molecule has 1 aromatic heterocycles. The van der Waals surface area contributed by atoms with Crippen LogP contribution in [0.3, 0.4) is 0 Å². The highest BCUT2D eigenvalue weighted by Gasteiger charge is 2.21. The second-order valence-electron chi connectivity index (χ2n) is 6.67. The molecule has 4 heteroatoms. The number of fused-ring (bicyclic) bond motifs is 1. The van der Waals surface area contributed by atoms with Gasteiger partial charge in [-0.1, -0.05) is 36.4 Å². The van der Waals surface area contributed by atoms with Gasteiger partial charge in [-0.15, -0.1) is 0 Å². The Hall–Kier alpha value is -3.14. The average molecular weight is 357 g/mol. The molecule has 0 bridgehead atoms. The second kappa shape index (κ2) is 7.62. The van der Waals surface area contributed by atoms with Gasteiger partial charge in [-0.3, -0.25) is 4.79 Å². The molecule has 2 heterocycles. The zero-order chi connectivity index (χ0) is 18.6. The second-order valence-corrected chi connectivity index (χ2v) is 6.67. The van der Waals surface area contributed by atoms with Gasteiger partial charge in [0.05, 0.1) is 0 Å². The fourth-order valence-corrected chi connectivity index (χ4v) is 3.68. The Balaban J connectivity index is 1.66. The van der Waals surface area contributed by atoms with Crippen molar-refractivity contribution in [2.45, 2.75) is 19.8 Å². The number of aromatic nitrogens is 1. The smallest absolute Gasteiger partial charge is 0.258 e. The summed E-state index contributed by atoms with van der Waals surface area (Å²) in [7, 11) is 0. The molecule has 0 spiro atoms. The molecule has 1 amide bonds. The number of aryl methyl sites for hydroxylation is 1. The number of rotatable bonds is 4. The monoisotopic (exact) mass is 357 g/mol. The van der Waals surface area contributed by atoms with E-state index in [0.29, 0.717) is 12.1 Å². The summed E-state index contributed by atoms with van der Waals surface area (Å²) in [6, 6.07) is 21.9. The molecule has 0 aliphatic carbocycles. The van der Waals surface area contributed by atoms with E-state index in [0.717, 1.165) is 30.9 Å². The van der Waals surface area contributed by atoms with E-state index in [-0.39, 0.29) is 5.91 Å². The van der Waals surface area contributed by atoms with E-state index in [4.69, 9.17) is 0 Å². The zero-order valence-corrected chi connectivity index (χ0v) is 15.5. The summed E-state index contributed by atoms with van der Waals surface area (Å²) in [4.78, 5) is 21.7. The first kappa shape index (κ1) is 17.3. The molecule has 0 fully saturated rings. The molecule has 1 aliphatic rings. The minimum Gasteiger partial charge on any atom is -0.326 e. The molecule has 4 nitrogen and oxygen atoms in total. The quantitative estimate of drug-likeness (QED) is 0.671. The van der Waals surface area contributed by atoms with Gasteiger partial charge >= 0.3 is 0 Å². The zero-order valence-electron chi connectivity index (χ0n) is 15.5. The third-order valence-electron chi connectivity index (χ3n) is 5.01. The summed E-state index contributed by atoms with van der Waals surface area (Å²) >= 11 is 0. The van der Waals surface area contributed by atoms with Gasteiger partial charge in [0.2, 0.25) is 0 Å². The number of amides is 1. The van der Waals surface area contributed by atoms with Crippen molar-refractivity contribution < 1.29 is 4.79 Å². The number of para-hydroxylation sites is 2. The molecule has 3 aromatic rings. The molecule has 4 rings (SSSR count). The Morgan fingerprint density at radius 3 is 2.67 bits per heavy atom. The average Bonchev–Trinajstić information content (AvgIpc) is 2.74. The summed E-state index contributed by atoms with van der Waals surface area (Å²) < 4.78 is 0. The van der Waals surface area contributed by atoms with Gasteiger partial charge in [-0.05, 0) is 55.7 Å². The summed E-state index contributed by atoms with van der Waals surface area (Å²) in [6.07, 6.45) is 3.91. The highest BCUT2D eigenvalue weighted by Crippen LogP contribution is 2.32. The number of pyridine rings is 1. The van der Waals surface area contributed by atoms with Crippen molar-refractivity contribution in [1.82, 2.24) is 4.98 Å². The number of hydrogen-bond acceptors (Lipinski definition) is 3. The molecule has 0 saturated carbocycles.